The predicted molar refractivity (Wildman–Crippen MR) is 105 cm³/mol. The first-order valence-corrected chi connectivity index (χ1v) is 8.38. The van der Waals surface area contributed by atoms with Crippen molar-refractivity contribution in [2.75, 3.05) is 11.9 Å². The maximum atomic E-state index is 12.3. The van der Waals surface area contributed by atoms with E-state index < -0.39 is 4.92 Å². The summed E-state index contributed by atoms with van der Waals surface area (Å²) in [5.74, 6) is 0.660. The zero-order valence-corrected chi connectivity index (χ0v) is 14.8. The summed E-state index contributed by atoms with van der Waals surface area (Å²) in [5, 5.41) is 18.9. The number of carbonyl (C=O) groups is 1. The first-order chi connectivity index (χ1) is 13.5. The second-order valence-corrected chi connectivity index (χ2v) is 6.08. The Kier molecular flexibility index (Phi) is 4.29. The van der Waals surface area contributed by atoms with Crippen LogP contribution in [0, 0.1) is 10.1 Å². The molecule has 0 N–H and O–H groups in total. The van der Waals surface area contributed by atoms with Crippen LogP contribution in [0.3, 0.4) is 0 Å². The summed E-state index contributed by atoms with van der Waals surface area (Å²) in [6.07, 6.45) is 1.39. The van der Waals surface area contributed by atoms with E-state index in [2.05, 4.69) is 10.2 Å². The molecule has 138 valence electrons. The van der Waals surface area contributed by atoms with Crippen molar-refractivity contribution in [2.24, 2.45) is 10.2 Å². The van der Waals surface area contributed by atoms with Crippen molar-refractivity contribution in [3.05, 3.63) is 82.1 Å². The molecule has 0 aliphatic carbocycles. The van der Waals surface area contributed by atoms with Crippen LogP contribution >= 0.6 is 0 Å². The lowest BCUT2D eigenvalue weighted by atomic mass is 10.1. The van der Waals surface area contributed by atoms with E-state index in [1.165, 1.54) is 23.2 Å². The number of nitrogens with zero attached hydrogens (tertiary/aromatic N) is 4. The van der Waals surface area contributed by atoms with Gasteiger partial charge in [-0.2, -0.15) is 5.10 Å². The molecule has 1 aliphatic heterocycles. The summed E-state index contributed by atoms with van der Waals surface area (Å²) >= 11 is 0. The van der Waals surface area contributed by atoms with Crippen LogP contribution in [-0.2, 0) is 4.79 Å². The van der Waals surface area contributed by atoms with Gasteiger partial charge in [0, 0.05) is 30.3 Å². The van der Waals surface area contributed by atoms with E-state index in [9.17, 15) is 14.9 Å². The second-order valence-electron chi connectivity index (χ2n) is 6.08. The Bertz CT molecular complexity index is 1150. The number of non-ortho nitro benzene ring substituents is 1. The maximum Gasteiger partial charge on any atom is 0.279 e. The molecule has 0 saturated carbocycles. The molecule has 0 unspecified atom stereocenters. The van der Waals surface area contributed by atoms with Gasteiger partial charge in [-0.3, -0.25) is 14.9 Å². The third kappa shape index (κ3) is 3.07. The van der Waals surface area contributed by atoms with Crippen molar-refractivity contribution < 1.29 is 14.1 Å². The van der Waals surface area contributed by atoms with Gasteiger partial charge in [0.1, 0.15) is 11.5 Å². The number of furan rings is 1. The number of amides is 1. The van der Waals surface area contributed by atoms with Crippen molar-refractivity contribution in [2.45, 2.75) is 0 Å². The number of nitro benzene ring substituents is 1. The molecule has 2 aromatic carbocycles. The highest BCUT2D eigenvalue weighted by molar-refractivity contribution is 6.54. The molecule has 1 aliphatic rings. The van der Waals surface area contributed by atoms with Crippen LogP contribution in [0.4, 0.5) is 11.4 Å². The smallest absolute Gasteiger partial charge is 0.279 e. The number of benzene rings is 2. The number of anilines is 1. The van der Waals surface area contributed by atoms with Crippen molar-refractivity contribution >= 4 is 29.2 Å². The second kappa shape index (κ2) is 6.92. The molecule has 28 heavy (non-hydrogen) atoms. The molecule has 0 saturated heterocycles. The number of para-hydroxylation sites is 1. The molecule has 0 radical (unpaired) electrons. The average molecular weight is 374 g/mol. The normalized spacial score (nSPS) is 14.8. The van der Waals surface area contributed by atoms with Crippen molar-refractivity contribution in [1.29, 1.82) is 0 Å². The van der Waals surface area contributed by atoms with E-state index in [4.69, 9.17) is 4.42 Å². The van der Waals surface area contributed by atoms with E-state index in [0.29, 0.717) is 17.1 Å². The van der Waals surface area contributed by atoms with Gasteiger partial charge < -0.3 is 9.32 Å². The summed E-state index contributed by atoms with van der Waals surface area (Å²) in [7, 11) is 1.69. The van der Waals surface area contributed by atoms with E-state index in [-0.39, 0.29) is 17.3 Å². The van der Waals surface area contributed by atoms with E-state index >= 15 is 0 Å². The minimum Gasteiger partial charge on any atom is -0.455 e. The van der Waals surface area contributed by atoms with Crippen molar-refractivity contribution in [3.8, 4) is 11.3 Å². The summed E-state index contributed by atoms with van der Waals surface area (Å²) in [6.45, 7) is 0. The largest absolute Gasteiger partial charge is 0.455 e. The van der Waals surface area contributed by atoms with Crippen LogP contribution in [0.2, 0.25) is 0 Å². The first-order valence-electron chi connectivity index (χ1n) is 8.38. The average Bonchev–Trinajstić information content (AvgIpc) is 3.27. The van der Waals surface area contributed by atoms with Gasteiger partial charge in [0.25, 0.3) is 11.6 Å². The van der Waals surface area contributed by atoms with Gasteiger partial charge in [-0.15, -0.1) is 5.10 Å². The quantitative estimate of drug-likeness (QED) is 0.395. The monoisotopic (exact) mass is 374 g/mol. The van der Waals surface area contributed by atoms with Crippen molar-refractivity contribution in [1.82, 2.24) is 0 Å². The van der Waals surface area contributed by atoms with Gasteiger partial charge in [-0.25, -0.2) is 0 Å². The fourth-order valence-electron chi connectivity index (χ4n) is 2.94. The van der Waals surface area contributed by atoms with Gasteiger partial charge in [0.05, 0.1) is 16.8 Å². The Morgan fingerprint density at radius 3 is 2.75 bits per heavy atom. The summed E-state index contributed by atoms with van der Waals surface area (Å²) in [4.78, 5) is 24.3. The number of likely N-dealkylation sites (N-methyl/N-ethyl adjacent to an activating group) is 1. The fraction of sp³-hybridized carbons (Fsp3) is 0.0500. The molecule has 3 aromatic rings. The highest BCUT2D eigenvalue weighted by atomic mass is 16.6. The van der Waals surface area contributed by atoms with Crippen molar-refractivity contribution in [3.63, 3.8) is 0 Å². The Labute approximate surface area is 159 Å². The Balaban J connectivity index is 1.57. The Morgan fingerprint density at radius 1 is 1.11 bits per heavy atom. The molecule has 4 rings (SSSR count). The van der Waals surface area contributed by atoms with Crippen LogP contribution in [0.15, 0.2) is 75.3 Å². The molecule has 0 atom stereocenters. The first kappa shape index (κ1) is 17.3. The molecule has 0 fully saturated rings. The van der Waals surface area contributed by atoms with Crippen LogP contribution in [0.25, 0.3) is 11.3 Å². The van der Waals surface area contributed by atoms with E-state index in [0.717, 1.165) is 11.3 Å². The summed E-state index contributed by atoms with van der Waals surface area (Å²) in [6, 6.07) is 16.9. The molecule has 0 spiro atoms. The number of fused-ring (bicyclic) bond motifs is 1. The number of rotatable bonds is 4. The Hall–Kier alpha value is -4.07. The summed E-state index contributed by atoms with van der Waals surface area (Å²) < 4.78 is 5.65. The molecular weight excluding hydrogens is 360 g/mol. The summed E-state index contributed by atoms with van der Waals surface area (Å²) in [5.41, 5.74) is 2.34. The minimum absolute atomic E-state index is 0.0157. The molecule has 8 nitrogen and oxygen atoms in total. The van der Waals surface area contributed by atoms with Gasteiger partial charge in [-0.05, 0) is 18.2 Å². The van der Waals surface area contributed by atoms with Gasteiger partial charge in [-0.1, -0.05) is 30.3 Å². The topological polar surface area (TPSA) is 101 Å². The van der Waals surface area contributed by atoms with Gasteiger partial charge in [0.15, 0.2) is 5.71 Å². The Morgan fingerprint density at radius 2 is 1.93 bits per heavy atom. The van der Waals surface area contributed by atoms with Crippen LogP contribution in [-0.4, -0.2) is 29.8 Å². The highest BCUT2D eigenvalue weighted by Gasteiger charge is 2.31. The number of carbonyl (C=O) groups excluding carboxylic acids is 1. The van der Waals surface area contributed by atoms with E-state index in [1.54, 1.807) is 31.3 Å². The molecule has 1 aromatic heterocycles. The lowest BCUT2D eigenvalue weighted by Gasteiger charge is -2.07. The molecule has 0 bridgehead atoms. The van der Waals surface area contributed by atoms with Gasteiger partial charge >= 0.3 is 0 Å². The molecular formula is C20H14N4O4. The predicted octanol–water partition coefficient (Wildman–Crippen LogP) is 3.65. The number of nitro groups is 1. The third-order valence-corrected chi connectivity index (χ3v) is 4.34. The SMILES string of the molecule is CN1C(=O)/C(=N/N=C\c2ccc(-c3cccc([N+](=O)[O-])c3)o2)c2ccccc21. The zero-order chi connectivity index (χ0) is 19.7. The van der Waals surface area contributed by atoms with E-state index in [1.807, 2.05) is 24.3 Å². The molecule has 8 heteroatoms. The lowest BCUT2D eigenvalue weighted by molar-refractivity contribution is -0.384. The highest BCUT2D eigenvalue weighted by Crippen LogP contribution is 2.28. The third-order valence-electron chi connectivity index (χ3n) is 4.34. The standard InChI is InChI=1S/C20H14N4O4/c1-23-17-8-3-2-7-16(17)19(20(23)25)22-21-12-15-9-10-18(28-15)13-5-4-6-14(11-13)24(26)27/h2-12H,1H3/b21-12-,22-19+. The molecule has 2 heterocycles. The number of hydrogen-bond acceptors (Lipinski definition) is 6. The van der Waals surface area contributed by atoms with Crippen LogP contribution < -0.4 is 4.90 Å². The van der Waals surface area contributed by atoms with Crippen LogP contribution in [0.1, 0.15) is 11.3 Å². The zero-order valence-electron chi connectivity index (χ0n) is 14.8. The van der Waals surface area contributed by atoms with Gasteiger partial charge in [0.2, 0.25) is 0 Å². The fourth-order valence-corrected chi connectivity index (χ4v) is 2.94. The minimum atomic E-state index is -0.460. The maximum absolute atomic E-state index is 12.3. The number of hydrogen-bond donors (Lipinski definition) is 0. The lowest BCUT2D eigenvalue weighted by Crippen LogP contribution is -2.25. The van der Waals surface area contributed by atoms with Crippen LogP contribution in [0.5, 0.6) is 0 Å². The molecule has 1 amide bonds.